The van der Waals surface area contributed by atoms with Crippen LogP contribution in [0.25, 0.3) is 0 Å². The van der Waals surface area contributed by atoms with E-state index in [1.807, 2.05) is 0 Å². The Labute approximate surface area is 62.4 Å². The molecule has 7 heteroatoms. The number of amides is 1. The summed E-state index contributed by atoms with van der Waals surface area (Å²) < 4.78 is 4.21. The number of hydrogen-bond donors (Lipinski definition) is 1. The smallest absolute Gasteiger partial charge is 0.445 e. The zero-order chi connectivity index (χ0) is 8.15. The normalized spacial score (nSPS) is 8.60. The molecule has 0 spiro atoms. The fraction of sp³-hybridized carbons (Fsp3) is 0.667. The van der Waals surface area contributed by atoms with Crippen molar-refractivity contribution in [3.05, 3.63) is 10.1 Å². The predicted octanol–water partition coefficient (Wildman–Crippen LogP) is 0.481. The molecule has 0 N–H and O–H groups in total. The highest BCUT2D eigenvalue weighted by Gasteiger charge is 2.20. The number of thiol groups is 1. The van der Waals surface area contributed by atoms with E-state index in [1.54, 1.807) is 6.92 Å². The molecule has 0 aromatic rings. The first kappa shape index (κ1) is 9.02. The summed E-state index contributed by atoms with van der Waals surface area (Å²) in [6.07, 6.45) is -1.09. The third kappa shape index (κ3) is 2.53. The summed E-state index contributed by atoms with van der Waals surface area (Å²) >= 11 is 3.21. The Morgan fingerprint density at radius 3 is 2.70 bits per heavy atom. The van der Waals surface area contributed by atoms with Crippen molar-refractivity contribution in [2.45, 2.75) is 6.92 Å². The topological polar surface area (TPSA) is 72.7 Å². The minimum atomic E-state index is -1.09. The van der Waals surface area contributed by atoms with Gasteiger partial charge in [-0.05, 0) is 6.92 Å². The van der Waals surface area contributed by atoms with Crippen molar-refractivity contribution < 1.29 is 14.6 Å². The molecule has 0 heterocycles. The molecule has 0 atom stereocenters. The van der Waals surface area contributed by atoms with E-state index in [0.29, 0.717) is 0 Å². The summed E-state index contributed by atoms with van der Waals surface area (Å²) in [4.78, 5) is 20.1. The second-order valence-corrected chi connectivity index (χ2v) is 1.61. The zero-order valence-electron chi connectivity index (χ0n) is 5.18. The average Bonchev–Trinajstić information content (AvgIpc) is 1.87. The zero-order valence-corrected chi connectivity index (χ0v) is 6.08. The van der Waals surface area contributed by atoms with E-state index in [0.717, 1.165) is 0 Å². The molecular formula is C3H6N2O4S. The standard InChI is InChI=1S/C3H6N2O4S/c1-2-9-3(6)4(10)5(7)8/h10H,2H2,1H3. The second kappa shape index (κ2) is 3.94. The number of hydrogen-bond acceptors (Lipinski definition) is 5. The molecule has 58 valence electrons. The molecular weight excluding hydrogens is 160 g/mol. The van der Waals surface area contributed by atoms with Gasteiger partial charge in [0.25, 0.3) is 0 Å². The molecule has 0 aromatic heterocycles. The Bertz CT molecular complexity index is 149. The van der Waals surface area contributed by atoms with E-state index in [4.69, 9.17) is 0 Å². The lowest BCUT2D eigenvalue weighted by molar-refractivity contribution is -0.597. The lowest BCUT2D eigenvalue weighted by Gasteiger charge is -2.02. The lowest BCUT2D eigenvalue weighted by atomic mass is 10.9. The predicted molar refractivity (Wildman–Crippen MR) is 34.8 cm³/mol. The maximum atomic E-state index is 10.4. The summed E-state index contributed by atoms with van der Waals surface area (Å²) in [7, 11) is 0. The first-order valence-electron chi connectivity index (χ1n) is 2.39. The van der Waals surface area contributed by atoms with E-state index >= 15 is 0 Å². The van der Waals surface area contributed by atoms with E-state index in [9.17, 15) is 14.9 Å². The lowest BCUT2D eigenvalue weighted by Crippen LogP contribution is -2.27. The van der Waals surface area contributed by atoms with Gasteiger partial charge < -0.3 is 4.74 Å². The monoisotopic (exact) mass is 166 g/mol. The third-order valence-electron chi connectivity index (χ3n) is 0.586. The molecule has 0 rings (SSSR count). The van der Waals surface area contributed by atoms with Crippen LogP contribution in [0.5, 0.6) is 0 Å². The molecule has 0 bridgehead atoms. The Kier molecular flexibility index (Phi) is 3.55. The molecule has 10 heavy (non-hydrogen) atoms. The van der Waals surface area contributed by atoms with Crippen LogP contribution in [0.4, 0.5) is 4.79 Å². The van der Waals surface area contributed by atoms with Gasteiger partial charge in [0, 0.05) is 17.2 Å². The summed E-state index contributed by atoms with van der Waals surface area (Å²) in [5.74, 6) is 0. The van der Waals surface area contributed by atoms with Crippen molar-refractivity contribution >= 4 is 18.9 Å². The van der Waals surface area contributed by atoms with Crippen LogP contribution in [0.1, 0.15) is 6.92 Å². The van der Waals surface area contributed by atoms with Crippen LogP contribution >= 0.6 is 12.8 Å². The molecule has 0 aromatic carbocycles. The van der Waals surface area contributed by atoms with Crippen LogP contribution in [-0.4, -0.2) is 22.1 Å². The maximum absolute atomic E-state index is 10.4. The average molecular weight is 166 g/mol. The highest BCUT2D eigenvalue weighted by molar-refractivity contribution is 7.78. The van der Waals surface area contributed by atoms with E-state index in [1.165, 1.54) is 0 Å². The largest absolute Gasteiger partial charge is 0.479 e. The molecule has 0 saturated heterocycles. The first-order valence-corrected chi connectivity index (χ1v) is 2.79. The highest BCUT2D eigenvalue weighted by Crippen LogP contribution is 1.96. The minimum Gasteiger partial charge on any atom is -0.445 e. The number of hydrazine groups is 1. The molecule has 6 nitrogen and oxygen atoms in total. The van der Waals surface area contributed by atoms with Crippen molar-refractivity contribution in [1.82, 2.24) is 4.41 Å². The van der Waals surface area contributed by atoms with Crippen molar-refractivity contribution in [2.24, 2.45) is 0 Å². The number of carbonyl (C=O) groups excluding carboxylic acids is 1. The fourth-order valence-corrected chi connectivity index (χ4v) is 0.306. The Balaban J connectivity index is 3.82. The molecule has 0 fully saturated rings. The third-order valence-corrected chi connectivity index (χ3v) is 0.895. The summed E-state index contributed by atoms with van der Waals surface area (Å²) in [5.41, 5.74) is 0. The van der Waals surface area contributed by atoms with Gasteiger partial charge in [-0.3, -0.25) is 0 Å². The molecule has 1 amide bonds. The fourth-order valence-electron chi connectivity index (χ4n) is 0.248. The van der Waals surface area contributed by atoms with Crippen LogP contribution in [-0.2, 0) is 4.74 Å². The Morgan fingerprint density at radius 1 is 1.90 bits per heavy atom. The van der Waals surface area contributed by atoms with Crippen LogP contribution in [0.2, 0.25) is 0 Å². The SMILES string of the molecule is CCOC(=O)N(S)[N+](=O)[O-]. The van der Waals surface area contributed by atoms with Gasteiger partial charge in [-0.2, -0.15) is 0 Å². The molecule has 0 aliphatic carbocycles. The number of nitro groups is 1. The number of carbonyl (C=O) groups is 1. The van der Waals surface area contributed by atoms with Gasteiger partial charge in [0.2, 0.25) is 0 Å². The molecule has 0 aliphatic heterocycles. The van der Waals surface area contributed by atoms with Crippen molar-refractivity contribution in [1.29, 1.82) is 0 Å². The molecule has 0 aliphatic rings. The van der Waals surface area contributed by atoms with E-state index in [-0.39, 0.29) is 11.0 Å². The first-order chi connectivity index (χ1) is 4.59. The van der Waals surface area contributed by atoms with Crippen molar-refractivity contribution in [3.63, 3.8) is 0 Å². The van der Waals surface area contributed by atoms with Gasteiger partial charge in [0.15, 0.2) is 5.03 Å². The van der Waals surface area contributed by atoms with E-state index in [2.05, 4.69) is 17.6 Å². The van der Waals surface area contributed by atoms with Gasteiger partial charge >= 0.3 is 6.09 Å². The van der Waals surface area contributed by atoms with Crippen LogP contribution in [0, 0.1) is 10.1 Å². The second-order valence-electron chi connectivity index (χ2n) is 1.23. The Hall–Kier alpha value is -0.980. The highest BCUT2D eigenvalue weighted by atomic mass is 32.1. The Morgan fingerprint density at radius 2 is 2.40 bits per heavy atom. The van der Waals surface area contributed by atoms with Gasteiger partial charge in [0.05, 0.1) is 6.61 Å². The van der Waals surface area contributed by atoms with Gasteiger partial charge in [-0.25, -0.2) is 14.9 Å². The van der Waals surface area contributed by atoms with Gasteiger partial charge in [-0.15, -0.1) is 0 Å². The van der Waals surface area contributed by atoms with Crippen molar-refractivity contribution in [3.8, 4) is 0 Å². The summed E-state index contributed by atoms with van der Waals surface area (Å²) in [6, 6.07) is 0. The van der Waals surface area contributed by atoms with Crippen LogP contribution in [0.15, 0.2) is 0 Å². The quantitative estimate of drug-likeness (QED) is 0.368. The van der Waals surface area contributed by atoms with Crippen LogP contribution < -0.4 is 0 Å². The van der Waals surface area contributed by atoms with Crippen molar-refractivity contribution in [2.75, 3.05) is 6.61 Å². The number of nitrogens with zero attached hydrogens (tertiary/aromatic N) is 2. The summed E-state index contributed by atoms with van der Waals surface area (Å²) in [5, 5.41) is 8.78. The minimum absolute atomic E-state index is 0.0243. The van der Waals surface area contributed by atoms with Gasteiger partial charge in [-0.1, -0.05) is 0 Å². The maximum Gasteiger partial charge on any atom is 0.479 e. The number of ether oxygens (including phenoxy) is 1. The molecule has 0 unspecified atom stereocenters. The molecule has 0 radical (unpaired) electrons. The van der Waals surface area contributed by atoms with Gasteiger partial charge in [0.1, 0.15) is 0 Å². The molecule has 0 saturated carbocycles. The number of rotatable bonds is 2. The van der Waals surface area contributed by atoms with E-state index < -0.39 is 11.1 Å². The van der Waals surface area contributed by atoms with Crippen LogP contribution in [0.3, 0.4) is 0 Å². The summed E-state index contributed by atoms with van der Waals surface area (Å²) in [6.45, 7) is 1.63.